The van der Waals surface area contributed by atoms with Crippen molar-refractivity contribution in [2.24, 2.45) is 0 Å². The molecule has 0 aromatic heterocycles. The second-order valence-electron chi connectivity index (χ2n) is 3.35. The molecule has 2 amide bonds. The zero-order valence-electron chi connectivity index (χ0n) is 8.84. The van der Waals surface area contributed by atoms with Gasteiger partial charge >= 0.3 is 5.97 Å². The van der Waals surface area contributed by atoms with Crippen LogP contribution in [0.15, 0.2) is 0 Å². The Morgan fingerprint density at radius 3 is 2.50 bits per heavy atom. The number of carbonyl (C=O) groups is 3. The zero-order chi connectivity index (χ0) is 12.1. The molecule has 1 saturated heterocycles. The second kappa shape index (κ2) is 5.86. The Kier molecular flexibility index (Phi) is 4.75. The Labute approximate surface area is 96.9 Å². The summed E-state index contributed by atoms with van der Waals surface area (Å²) in [6.45, 7) is 0.0149. The van der Waals surface area contributed by atoms with Gasteiger partial charge in [-0.3, -0.25) is 19.3 Å². The molecule has 1 atom stereocenters. The van der Waals surface area contributed by atoms with Gasteiger partial charge in [0.05, 0.1) is 30.6 Å². The molecule has 6 nitrogen and oxygen atoms in total. The minimum absolute atomic E-state index is 0.0149. The van der Waals surface area contributed by atoms with Crippen molar-refractivity contribution in [2.75, 3.05) is 25.2 Å². The van der Waals surface area contributed by atoms with E-state index in [1.165, 1.54) is 18.9 Å². The first-order valence-electron chi connectivity index (χ1n) is 4.70. The molecule has 0 saturated carbocycles. The van der Waals surface area contributed by atoms with E-state index in [9.17, 15) is 14.4 Å². The molecule has 1 fully saturated rings. The first kappa shape index (κ1) is 13.0. The van der Waals surface area contributed by atoms with Gasteiger partial charge in [0.1, 0.15) is 0 Å². The van der Waals surface area contributed by atoms with Crippen molar-refractivity contribution in [1.29, 1.82) is 0 Å². The maximum atomic E-state index is 11.4. The Bertz CT molecular complexity index is 290. The monoisotopic (exact) mass is 247 g/mol. The third-order valence-corrected chi connectivity index (χ3v) is 3.08. The molecule has 0 spiro atoms. The molecule has 0 aliphatic carbocycles. The normalized spacial score (nSPS) is 18.7. The van der Waals surface area contributed by atoms with Gasteiger partial charge < -0.3 is 9.84 Å². The minimum atomic E-state index is -1.02. The predicted octanol–water partition coefficient (Wildman–Crippen LogP) is -0.422. The molecule has 1 unspecified atom stereocenters. The van der Waals surface area contributed by atoms with Crippen LogP contribution in [-0.2, 0) is 19.1 Å². The van der Waals surface area contributed by atoms with Crippen LogP contribution in [0.1, 0.15) is 6.42 Å². The number of imide groups is 1. The van der Waals surface area contributed by atoms with Gasteiger partial charge in [-0.2, -0.15) is 0 Å². The number of carbonyl (C=O) groups excluding carboxylic acids is 2. The van der Waals surface area contributed by atoms with Gasteiger partial charge in [-0.05, 0) is 0 Å². The standard InChI is InChI=1S/C9H13NO5S/c1-15-6(2-9(13)14)3-10-7(11)4-16-5-8(10)12/h6H,2-5H2,1H3,(H,13,14). The Morgan fingerprint density at radius 1 is 1.50 bits per heavy atom. The average molecular weight is 247 g/mol. The zero-order valence-corrected chi connectivity index (χ0v) is 9.66. The molecule has 0 aromatic carbocycles. The predicted molar refractivity (Wildman–Crippen MR) is 57.1 cm³/mol. The van der Waals surface area contributed by atoms with Gasteiger partial charge in [-0.1, -0.05) is 0 Å². The summed E-state index contributed by atoms with van der Waals surface area (Å²) in [6.07, 6.45) is -0.866. The van der Waals surface area contributed by atoms with Crippen LogP contribution in [0.25, 0.3) is 0 Å². The van der Waals surface area contributed by atoms with Crippen molar-refractivity contribution in [1.82, 2.24) is 4.90 Å². The van der Waals surface area contributed by atoms with Crippen LogP contribution in [-0.4, -0.2) is 59.1 Å². The summed E-state index contributed by atoms with van der Waals surface area (Å²) in [5, 5.41) is 8.60. The largest absolute Gasteiger partial charge is 0.481 e. The van der Waals surface area contributed by atoms with E-state index in [0.29, 0.717) is 0 Å². The van der Waals surface area contributed by atoms with E-state index in [-0.39, 0.29) is 36.3 Å². The number of aliphatic carboxylic acids is 1. The van der Waals surface area contributed by atoms with Crippen molar-refractivity contribution >= 4 is 29.5 Å². The van der Waals surface area contributed by atoms with Gasteiger partial charge in [-0.15, -0.1) is 11.8 Å². The highest BCUT2D eigenvalue weighted by atomic mass is 32.2. The summed E-state index contributed by atoms with van der Waals surface area (Å²) in [5.74, 6) is -1.06. The van der Waals surface area contributed by atoms with Crippen LogP contribution in [0.4, 0.5) is 0 Å². The van der Waals surface area contributed by atoms with E-state index in [1.807, 2.05) is 0 Å². The van der Waals surface area contributed by atoms with E-state index >= 15 is 0 Å². The molecular weight excluding hydrogens is 234 g/mol. The van der Waals surface area contributed by atoms with Crippen LogP contribution in [0.5, 0.6) is 0 Å². The van der Waals surface area contributed by atoms with Crippen LogP contribution in [0.3, 0.4) is 0 Å². The summed E-state index contributed by atoms with van der Waals surface area (Å²) in [4.78, 5) is 34.4. The first-order chi connectivity index (χ1) is 7.54. The van der Waals surface area contributed by atoms with Gasteiger partial charge in [0.25, 0.3) is 0 Å². The third kappa shape index (κ3) is 3.49. The number of thioether (sulfide) groups is 1. The molecular formula is C9H13NO5S. The lowest BCUT2D eigenvalue weighted by Gasteiger charge is -2.27. The summed E-state index contributed by atoms with van der Waals surface area (Å²) in [6, 6.07) is 0. The van der Waals surface area contributed by atoms with Gasteiger partial charge in [-0.25, -0.2) is 0 Å². The quantitative estimate of drug-likeness (QED) is 0.664. The van der Waals surface area contributed by atoms with Gasteiger partial charge in [0, 0.05) is 7.11 Å². The number of methoxy groups -OCH3 is 1. The van der Waals surface area contributed by atoms with Crippen LogP contribution >= 0.6 is 11.8 Å². The highest BCUT2D eigenvalue weighted by Crippen LogP contribution is 2.13. The highest BCUT2D eigenvalue weighted by molar-refractivity contribution is 8.00. The summed E-state index contributed by atoms with van der Waals surface area (Å²) < 4.78 is 4.93. The van der Waals surface area contributed by atoms with E-state index in [4.69, 9.17) is 9.84 Å². The van der Waals surface area contributed by atoms with Crippen LogP contribution in [0, 0.1) is 0 Å². The molecule has 7 heteroatoms. The van der Waals surface area contributed by atoms with Crippen molar-refractivity contribution in [3.63, 3.8) is 0 Å². The molecule has 0 aromatic rings. The van der Waals surface area contributed by atoms with Crippen molar-refractivity contribution in [2.45, 2.75) is 12.5 Å². The van der Waals surface area contributed by atoms with E-state index in [1.54, 1.807) is 0 Å². The van der Waals surface area contributed by atoms with E-state index in [0.717, 1.165) is 4.90 Å². The molecule has 1 aliphatic rings. The fourth-order valence-electron chi connectivity index (χ4n) is 1.35. The Hall–Kier alpha value is -1.08. The second-order valence-corrected chi connectivity index (χ2v) is 4.33. The van der Waals surface area contributed by atoms with Crippen molar-refractivity contribution in [3.8, 4) is 0 Å². The number of rotatable bonds is 5. The average Bonchev–Trinajstić information content (AvgIpc) is 2.21. The molecule has 0 bridgehead atoms. The first-order valence-corrected chi connectivity index (χ1v) is 5.85. The number of hydrogen-bond donors (Lipinski definition) is 1. The lowest BCUT2D eigenvalue weighted by Crippen LogP contribution is -2.47. The lowest BCUT2D eigenvalue weighted by atomic mass is 10.2. The molecule has 0 radical (unpaired) electrons. The molecule has 1 rings (SSSR count). The van der Waals surface area contributed by atoms with Crippen molar-refractivity contribution < 1.29 is 24.2 Å². The molecule has 1 heterocycles. The Balaban J connectivity index is 2.58. The maximum Gasteiger partial charge on any atom is 0.306 e. The number of carboxylic acids is 1. The fraction of sp³-hybridized carbons (Fsp3) is 0.667. The van der Waals surface area contributed by atoms with Crippen LogP contribution in [0.2, 0.25) is 0 Å². The summed E-state index contributed by atoms with van der Waals surface area (Å²) in [5.41, 5.74) is 0. The number of ether oxygens (including phenoxy) is 1. The number of carboxylic acid groups (broad SMARTS) is 1. The lowest BCUT2D eigenvalue weighted by molar-refractivity contribution is -0.147. The van der Waals surface area contributed by atoms with E-state index in [2.05, 4.69) is 0 Å². The highest BCUT2D eigenvalue weighted by Gasteiger charge is 2.29. The Morgan fingerprint density at radius 2 is 2.06 bits per heavy atom. The van der Waals surface area contributed by atoms with Gasteiger partial charge in [0.2, 0.25) is 11.8 Å². The SMILES string of the molecule is COC(CC(=O)O)CN1C(=O)CSCC1=O. The number of nitrogens with zero attached hydrogens (tertiary/aromatic N) is 1. The third-order valence-electron chi connectivity index (χ3n) is 2.18. The molecule has 1 N–H and O–H groups in total. The summed E-state index contributed by atoms with van der Waals surface area (Å²) >= 11 is 1.27. The molecule has 90 valence electrons. The van der Waals surface area contributed by atoms with Crippen molar-refractivity contribution in [3.05, 3.63) is 0 Å². The maximum absolute atomic E-state index is 11.4. The van der Waals surface area contributed by atoms with Crippen LogP contribution < -0.4 is 0 Å². The topological polar surface area (TPSA) is 83.9 Å². The number of amides is 2. The van der Waals surface area contributed by atoms with E-state index < -0.39 is 12.1 Å². The molecule has 1 aliphatic heterocycles. The smallest absolute Gasteiger partial charge is 0.306 e. The fourth-order valence-corrected chi connectivity index (χ4v) is 2.11. The minimum Gasteiger partial charge on any atom is -0.481 e. The molecule has 16 heavy (non-hydrogen) atoms. The number of hydrogen-bond acceptors (Lipinski definition) is 5. The van der Waals surface area contributed by atoms with Gasteiger partial charge in [0.15, 0.2) is 0 Å². The summed E-state index contributed by atoms with van der Waals surface area (Å²) in [7, 11) is 1.36.